The van der Waals surface area contributed by atoms with Crippen LogP contribution in [0.1, 0.15) is 19.3 Å². The third-order valence-corrected chi connectivity index (χ3v) is 2.22. The Kier molecular flexibility index (Phi) is 4.54. The Bertz CT molecular complexity index is 200. The van der Waals surface area contributed by atoms with E-state index in [0.717, 1.165) is 0 Å². The van der Waals surface area contributed by atoms with Gasteiger partial charge in [0.05, 0.1) is 6.33 Å². The molecule has 2 rings (SSSR count). The van der Waals surface area contributed by atoms with Gasteiger partial charge < -0.3 is 9.47 Å². The van der Waals surface area contributed by atoms with Crippen molar-refractivity contribution >= 4 is 0 Å². The topological polar surface area (TPSA) is 21.1 Å². The summed E-state index contributed by atoms with van der Waals surface area (Å²) in [6, 6.07) is 0. The highest BCUT2D eigenvalue weighted by Crippen LogP contribution is 2.04. The second-order valence-corrected chi connectivity index (χ2v) is 3.59. The van der Waals surface area contributed by atoms with Gasteiger partial charge in [0.1, 0.15) is 0 Å². The number of rotatable bonds is 0. The van der Waals surface area contributed by atoms with Crippen LogP contribution in [0.5, 0.6) is 0 Å². The lowest BCUT2D eigenvalue weighted by Gasteiger charge is -2.20. The van der Waals surface area contributed by atoms with Gasteiger partial charge in [0, 0.05) is 19.4 Å². The van der Waals surface area contributed by atoms with Gasteiger partial charge in [-0.05, 0) is 33.0 Å². The molecule has 74 valence electrons. The van der Waals surface area contributed by atoms with Crippen LogP contribution in [0.25, 0.3) is 0 Å². The molecule has 0 saturated carbocycles. The number of likely N-dealkylation sites (tertiary alicyclic amines) is 1. The van der Waals surface area contributed by atoms with E-state index in [0.29, 0.717) is 0 Å². The maximum atomic E-state index is 3.78. The zero-order valence-corrected chi connectivity index (χ0v) is 8.61. The Morgan fingerprint density at radius 1 is 1.08 bits per heavy atom. The molecule has 1 aromatic heterocycles. The van der Waals surface area contributed by atoms with Crippen molar-refractivity contribution in [2.45, 2.75) is 19.3 Å². The zero-order valence-electron chi connectivity index (χ0n) is 8.61. The molecule has 0 N–H and O–H groups in total. The van der Waals surface area contributed by atoms with Crippen molar-refractivity contribution < 1.29 is 0 Å². The molecule has 0 radical (unpaired) electrons. The normalized spacial score (nSPS) is 17.7. The summed E-state index contributed by atoms with van der Waals surface area (Å²) < 4.78 is 1.89. The number of imidazole rings is 1. The van der Waals surface area contributed by atoms with Crippen molar-refractivity contribution in [1.29, 1.82) is 0 Å². The van der Waals surface area contributed by atoms with E-state index >= 15 is 0 Å². The van der Waals surface area contributed by atoms with Gasteiger partial charge in [0.25, 0.3) is 0 Å². The summed E-state index contributed by atoms with van der Waals surface area (Å²) in [6.07, 6.45) is 9.66. The predicted molar refractivity (Wildman–Crippen MR) is 54.6 cm³/mol. The lowest BCUT2D eigenvalue weighted by atomic mass is 10.1. The van der Waals surface area contributed by atoms with Gasteiger partial charge in [-0.15, -0.1) is 0 Å². The Morgan fingerprint density at radius 2 is 1.77 bits per heavy atom. The van der Waals surface area contributed by atoms with E-state index in [4.69, 9.17) is 0 Å². The smallest absolute Gasteiger partial charge is 0.0943 e. The average Bonchev–Trinajstić information content (AvgIpc) is 2.58. The first-order valence-corrected chi connectivity index (χ1v) is 4.89. The zero-order chi connectivity index (χ0) is 9.52. The summed E-state index contributed by atoms with van der Waals surface area (Å²) in [5, 5.41) is 0. The van der Waals surface area contributed by atoms with Crippen LogP contribution in [0.15, 0.2) is 18.7 Å². The monoisotopic (exact) mass is 181 g/mol. The van der Waals surface area contributed by atoms with Gasteiger partial charge in [-0.3, -0.25) is 0 Å². The lowest BCUT2D eigenvalue weighted by Crippen LogP contribution is -2.24. The molecular weight excluding hydrogens is 162 g/mol. The number of hydrogen-bond donors (Lipinski definition) is 0. The van der Waals surface area contributed by atoms with Gasteiger partial charge in [-0.25, -0.2) is 4.98 Å². The number of nitrogens with zero attached hydrogens (tertiary/aromatic N) is 3. The van der Waals surface area contributed by atoms with E-state index in [1.807, 2.05) is 17.8 Å². The number of hydrogen-bond acceptors (Lipinski definition) is 2. The molecule has 0 spiro atoms. The van der Waals surface area contributed by atoms with Crippen LogP contribution in [0, 0.1) is 0 Å². The largest absolute Gasteiger partial charge is 0.341 e. The highest BCUT2D eigenvalue weighted by atomic mass is 15.1. The van der Waals surface area contributed by atoms with Crippen LogP contribution >= 0.6 is 0 Å². The van der Waals surface area contributed by atoms with Gasteiger partial charge in [0.2, 0.25) is 0 Å². The Labute approximate surface area is 80.4 Å². The van der Waals surface area contributed by atoms with Crippen LogP contribution in [0.4, 0.5) is 0 Å². The summed E-state index contributed by atoms with van der Waals surface area (Å²) in [5.74, 6) is 0. The summed E-state index contributed by atoms with van der Waals surface area (Å²) in [4.78, 5) is 6.18. The van der Waals surface area contributed by atoms with Gasteiger partial charge >= 0.3 is 0 Å². The molecule has 0 unspecified atom stereocenters. The third kappa shape index (κ3) is 4.68. The van der Waals surface area contributed by atoms with Crippen molar-refractivity contribution in [2.24, 2.45) is 7.05 Å². The van der Waals surface area contributed by atoms with Crippen molar-refractivity contribution in [3.8, 4) is 0 Å². The predicted octanol–water partition coefficient (Wildman–Crippen LogP) is 1.52. The van der Waals surface area contributed by atoms with Gasteiger partial charge in [-0.2, -0.15) is 0 Å². The maximum absolute atomic E-state index is 3.78. The van der Waals surface area contributed by atoms with Crippen LogP contribution in [0.2, 0.25) is 0 Å². The van der Waals surface area contributed by atoms with E-state index in [-0.39, 0.29) is 0 Å². The first-order valence-electron chi connectivity index (χ1n) is 4.89. The van der Waals surface area contributed by atoms with Crippen LogP contribution in [0.3, 0.4) is 0 Å². The lowest BCUT2D eigenvalue weighted by molar-refractivity contribution is 0.277. The molecule has 0 aliphatic carbocycles. The minimum atomic E-state index is 1.32. The third-order valence-electron chi connectivity index (χ3n) is 2.22. The van der Waals surface area contributed by atoms with Crippen molar-refractivity contribution in [1.82, 2.24) is 14.5 Å². The molecule has 0 bridgehead atoms. The van der Waals surface area contributed by atoms with Crippen molar-refractivity contribution in [3.63, 3.8) is 0 Å². The number of aryl methyl sites for hydroxylation is 1. The summed E-state index contributed by atoms with van der Waals surface area (Å²) in [6.45, 7) is 2.64. The number of aromatic nitrogens is 2. The molecule has 0 atom stereocenters. The highest BCUT2D eigenvalue weighted by molar-refractivity contribution is 4.70. The van der Waals surface area contributed by atoms with Crippen LogP contribution in [-0.4, -0.2) is 34.6 Å². The first-order chi connectivity index (χ1) is 6.29. The molecule has 3 heteroatoms. The fraction of sp³-hybridized carbons (Fsp3) is 0.700. The SMILES string of the molecule is CN1CCCCC1.Cn1ccnc1. The molecule has 0 amide bonds. The second-order valence-electron chi connectivity index (χ2n) is 3.59. The minimum Gasteiger partial charge on any atom is -0.341 e. The average molecular weight is 181 g/mol. The maximum Gasteiger partial charge on any atom is 0.0943 e. The molecule has 1 saturated heterocycles. The van der Waals surface area contributed by atoms with E-state index in [1.54, 1.807) is 12.5 Å². The van der Waals surface area contributed by atoms with E-state index in [9.17, 15) is 0 Å². The Balaban J connectivity index is 0.000000132. The summed E-state index contributed by atoms with van der Waals surface area (Å²) in [5.41, 5.74) is 0. The summed E-state index contributed by atoms with van der Waals surface area (Å²) in [7, 11) is 4.13. The van der Waals surface area contributed by atoms with Gasteiger partial charge in [-0.1, -0.05) is 6.42 Å². The summed E-state index contributed by atoms with van der Waals surface area (Å²) >= 11 is 0. The molecule has 2 heterocycles. The molecular formula is C10H19N3. The van der Waals surface area contributed by atoms with E-state index in [1.165, 1.54) is 32.4 Å². The molecule has 13 heavy (non-hydrogen) atoms. The fourth-order valence-corrected chi connectivity index (χ4v) is 1.38. The van der Waals surface area contributed by atoms with Crippen LogP contribution < -0.4 is 0 Å². The fourth-order valence-electron chi connectivity index (χ4n) is 1.38. The number of piperidine rings is 1. The molecule has 1 fully saturated rings. The highest BCUT2D eigenvalue weighted by Gasteiger charge is 2.02. The molecule has 1 aromatic rings. The Morgan fingerprint density at radius 3 is 2.00 bits per heavy atom. The minimum absolute atomic E-state index is 1.32. The quantitative estimate of drug-likeness (QED) is 0.605. The van der Waals surface area contributed by atoms with E-state index in [2.05, 4.69) is 16.9 Å². The standard InChI is InChI=1S/C6H13N.C4H6N2/c1-7-5-3-2-4-6-7;1-6-3-2-5-4-6/h2-6H2,1H3;2-4H,1H3. The Hall–Kier alpha value is -0.830. The van der Waals surface area contributed by atoms with Crippen molar-refractivity contribution in [3.05, 3.63) is 18.7 Å². The van der Waals surface area contributed by atoms with Crippen molar-refractivity contribution in [2.75, 3.05) is 20.1 Å². The second kappa shape index (κ2) is 5.75. The molecule has 1 aliphatic heterocycles. The first kappa shape index (κ1) is 10.3. The molecule has 0 aromatic carbocycles. The molecule has 3 nitrogen and oxygen atoms in total. The van der Waals surface area contributed by atoms with Gasteiger partial charge in [0.15, 0.2) is 0 Å². The van der Waals surface area contributed by atoms with E-state index < -0.39 is 0 Å². The van der Waals surface area contributed by atoms with Crippen LogP contribution in [-0.2, 0) is 7.05 Å². The molecule has 1 aliphatic rings.